The van der Waals surface area contributed by atoms with Crippen LogP contribution in [-0.4, -0.2) is 32.2 Å². The Morgan fingerprint density at radius 2 is 1.96 bits per heavy atom. The predicted molar refractivity (Wildman–Crippen MR) is 105 cm³/mol. The number of fused-ring (bicyclic) bond motifs is 3. The van der Waals surface area contributed by atoms with E-state index in [9.17, 15) is 4.79 Å². The first-order valence-electron chi connectivity index (χ1n) is 10.6. The van der Waals surface area contributed by atoms with Crippen LogP contribution in [0.1, 0.15) is 65.2 Å². The molecule has 3 heteroatoms. The summed E-state index contributed by atoms with van der Waals surface area (Å²) in [7, 11) is 0. The summed E-state index contributed by atoms with van der Waals surface area (Å²) in [5.74, 6) is 2.46. The van der Waals surface area contributed by atoms with Gasteiger partial charge in [-0.3, -0.25) is 4.79 Å². The summed E-state index contributed by atoms with van der Waals surface area (Å²) in [6, 6.07) is 0. The Morgan fingerprint density at radius 1 is 1.15 bits per heavy atom. The van der Waals surface area contributed by atoms with Crippen molar-refractivity contribution in [2.75, 3.05) is 26.4 Å². The molecule has 146 valence electrons. The van der Waals surface area contributed by atoms with E-state index in [1.807, 2.05) is 6.92 Å². The summed E-state index contributed by atoms with van der Waals surface area (Å²) in [6.07, 6.45) is 10.8. The number of ether oxygens (including phenoxy) is 2. The Labute approximate surface area is 159 Å². The third kappa shape index (κ3) is 3.84. The van der Waals surface area contributed by atoms with Crippen molar-refractivity contribution in [2.45, 2.75) is 65.2 Å². The van der Waals surface area contributed by atoms with E-state index >= 15 is 0 Å². The molecule has 2 fully saturated rings. The molecule has 0 aliphatic heterocycles. The Bertz CT molecular complexity index is 550. The van der Waals surface area contributed by atoms with Gasteiger partial charge in [-0.1, -0.05) is 18.6 Å². The van der Waals surface area contributed by atoms with E-state index in [1.54, 1.807) is 0 Å². The van der Waals surface area contributed by atoms with E-state index in [4.69, 9.17) is 9.47 Å². The van der Waals surface area contributed by atoms with Gasteiger partial charge in [0.15, 0.2) is 5.78 Å². The van der Waals surface area contributed by atoms with Gasteiger partial charge in [-0.2, -0.15) is 0 Å². The lowest BCUT2D eigenvalue weighted by Crippen LogP contribution is -2.40. The molecule has 0 spiro atoms. The quantitative estimate of drug-likeness (QED) is 0.423. The van der Waals surface area contributed by atoms with Gasteiger partial charge in [0, 0.05) is 19.6 Å². The number of hydrogen-bond acceptors (Lipinski definition) is 3. The van der Waals surface area contributed by atoms with Crippen LogP contribution in [0.5, 0.6) is 0 Å². The molecule has 0 aromatic heterocycles. The third-order valence-electron chi connectivity index (χ3n) is 7.33. The van der Waals surface area contributed by atoms with Crippen LogP contribution in [0.3, 0.4) is 0 Å². The van der Waals surface area contributed by atoms with Crippen LogP contribution in [0, 0.1) is 23.2 Å². The van der Waals surface area contributed by atoms with Gasteiger partial charge >= 0.3 is 0 Å². The molecule has 0 heterocycles. The minimum absolute atomic E-state index is 0.407. The lowest BCUT2D eigenvalue weighted by atomic mass is 9.56. The van der Waals surface area contributed by atoms with Crippen molar-refractivity contribution in [3.8, 4) is 0 Å². The van der Waals surface area contributed by atoms with Crippen molar-refractivity contribution >= 4 is 5.78 Å². The van der Waals surface area contributed by atoms with E-state index in [0.717, 1.165) is 51.2 Å². The molecule has 3 aliphatic carbocycles. The maximum Gasteiger partial charge on any atom is 0.158 e. The van der Waals surface area contributed by atoms with Crippen molar-refractivity contribution in [3.63, 3.8) is 0 Å². The summed E-state index contributed by atoms with van der Waals surface area (Å²) in [5.41, 5.74) is 3.09. The zero-order chi connectivity index (χ0) is 18.6. The van der Waals surface area contributed by atoms with Crippen LogP contribution < -0.4 is 0 Å². The van der Waals surface area contributed by atoms with Crippen molar-refractivity contribution in [1.29, 1.82) is 0 Å². The van der Waals surface area contributed by atoms with Crippen LogP contribution in [-0.2, 0) is 14.3 Å². The van der Waals surface area contributed by atoms with E-state index < -0.39 is 0 Å². The molecule has 4 atom stereocenters. The second-order valence-corrected chi connectivity index (χ2v) is 8.52. The molecule has 0 amide bonds. The van der Waals surface area contributed by atoms with Crippen LogP contribution in [0.4, 0.5) is 0 Å². The number of allylic oxidation sites excluding steroid dienone is 3. The fourth-order valence-corrected chi connectivity index (χ4v) is 5.93. The van der Waals surface area contributed by atoms with Gasteiger partial charge < -0.3 is 9.47 Å². The Balaban J connectivity index is 1.62. The highest BCUT2D eigenvalue weighted by Crippen LogP contribution is 2.61. The van der Waals surface area contributed by atoms with Crippen LogP contribution in [0.2, 0.25) is 0 Å². The maximum atomic E-state index is 12.6. The zero-order valence-electron chi connectivity index (χ0n) is 16.7. The molecule has 0 saturated heterocycles. The largest absolute Gasteiger partial charge is 0.379 e. The van der Waals surface area contributed by atoms with Crippen molar-refractivity contribution in [3.05, 3.63) is 23.8 Å². The van der Waals surface area contributed by atoms with Gasteiger partial charge in [-0.25, -0.2) is 0 Å². The molecule has 3 rings (SSSR count). The molecule has 0 radical (unpaired) electrons. The number of Topliss-reactive ketones (excluding diaryl/α,β-unsaturated/α-hetero) is 1. The Kier molecular flexibility index (Phi) is 6.74. The third-order valence-corrected chi connectivity index (χ3v) is 7.33. The van der Waals surface area contributed by atoms with Gasteiger partial charge in [0.1, 0.15) is 0 Å². The van der Waals surface area contributed by atoms with E-state index in [-0.39, 0.29) is 0 Å². The highest BCUT2D eigenvalue weighted by Gasteiger charge is 2.52. The first-order valence-corrected chi connectivity index (χ1v) is 10.6. The molecule has 3 aliphatic rings. The van der Waals surface area contributed by atoms with Gasteiger partial charge in [0.05, 0.1) is 13.2 Å². The SMILES string of the molecule is C=C[C@@H]1CCC2C3CCC(=O)C(CCCOCCOCC)=C3CC[C@]21C. The van der Waals surface area contributed by atoms with Crippen molar-refractivity contribution < 1.29 is 14.3 Å². The second-order valence-electron chi connectivity index (χ2n) is 8.52. The molecule has 0 N–H and O–H groups in total. The van der Waals surface area contributed by atoms with Gasteiger partial charge in [-0.15, -0.1) is 6.58 Å². The maximum absolute atomic E-state index is 12.6. The number of hydrogen-bond donors (Lipinski definition) is 0. The smallest absolute Gasteiger partial charge is 0.158 e. The van der Waals surface area contributed by atoms with Gasteiger partial charge in [-0.05, 0) is 80.6 Å². The number of carbonyl (C=O) groups excluding carboxylic acids is 1. The Hall–Kier alpha value is -0.930. The highest BCUT2D eigenvalue weighted by molar-refractivity contribution is 5.97. The van der Waals surface area contributed by atoms with Crippen LogP contribution >= 0.6 is 0 Å². The minimum Gasteiger partial charge on any atom is -0.379 e. The van der Waals surface area contributed by atoms with Gasteiger partial charge in [0.2, 0.25) is 0 Å². The second kappa shape index (κ2) is 8.84. The van der Waals surface area contributed by atoms with Crippen molar-refractivity contribution in [1.82, 2.24) is 0 Å². The molecular weight excluding hydrogens is 324 g/mol. The molecule has 0 aromatic rings. The van der Waals surface area contributed by atoms with E-state index in [0.29, 0.717) is 36.2 Å². The molecule has 2 saturated carbocycles. The summed E-state index contributed by atoms with van der Waals surface area (Å²) in [4.78, 5) is 12.6. The monoisotopic (exact) mass is 360 g/mol. The average molecular weight is 361 g/mol. The molecule has 26 heavy (non-hydrogen) atoms. The van der Waals surface area contributed by atoms with Crippen LogP contribution in [0.15, 0.2) is 23.8 Å². The van der Waals surface area contributed by atoms with E-state index in [2.05, 4.69) is 19.6 Å². The fourth-order valence-electron chi connectivity index (χ4n) is 5.93. The molecule has 0 bridgehead atoms. The summed E-state index contributed by atoms with van der Waals surface area (Å²) in [6.45, 7) is 11.4. The molecule has 2 unspecified atom stereocenters. The Morgan fingerprint density at radius 3 is 2.73 bits per heavy atom. The zero-order valence-corrected chi connectivity index (χ0v) is 16.7. The molecule has 3 nitrogen and oxygen atoms in total. The van der Waals surface area contributed by atoms with Crippen molar-refractivity contribution in [2.24, 2.45) is 23.2 Å². The highest BCUT2D eigenvalue weighted by atomic mass is 16.5. The topological polar surface area (TPSA) is 35.5 Å². The number of ketones is 1. The standard InChI is InChI=1S/C23H36O3/c1-4-17-8-10-21-19-9-11-22(24)20(18(19)12-13-23(17,21)3)7-6-14-26-16-15-25-5-2/h4,17,19,21H,1,5-16H2,2-3H3/t17-,19?,21?,23+/m1/s1. The number of carbonyl (C=O) groups is 1. The minimum atomic E-state index is 0.407. The van der Waals surface area contributed by atoms with Gasteiger partial charge in [0.25, 0.3) is 0 Å². The molecular formula is C23H36O3. The van der Waals surface area contributed by atoms with Crippen LogP contribution in [0.25, 0.3) is 0 Å². The number of rotatable bonds is 9. The normalized spacial score (nSPS) is 33.9. The first-order chi connectivity index (χ1) is 12.6. The summed E-state index contributed by atoms with van der Waals surface area (Å²) < 4.78 is 10.9. The summed E-state index contributed by atoms with van der Waals surface area (Å²) >= 11 is 0. The average Bonchev–Trinajstić information content (AvgIpc) is 2.98. The first kappa shape index (κ1) is 19.8. The lowest BCUT2D eigenvalue weighted by Gasteiger charge is -2.48. The summed E-state index contributed by atoms with van der Waals surface area (Å²) in [5, 5.41) is 0. The fraction of sp³-hybridized carbons (Fsp3) is 0.783. The molecule has 0 aromatic carbocycles. The lowest BCUT2D eigenvalue weighted by molar-refractivity contribution is -0.117. The van der Waals surface area contributed by atoms with E-state index in [1.165, 1.54) is 30.4 Å². The predicted octanol–water partition coefficient (Wildman–Crippen LogP) is 5.11.